The first-order chi connectivity index (χ1) is 9.20. The van der Waals surface area contributed by atoms with Gasteiger partial charge in [-0.1, -0.05) is 11.8 Å². The number of aliphatic hydroxyl groups is 1. The van der Waals surface area contributed by atoms with Crippen LogP contribution in [0.2, 0.25) is 0 Å². The van der Waals surface area contributed by atoms with Gasteiger partial charge < -0.3 is 10.4 Å². The molecule has 0 bridgehead atoms. The molecular weight excluding hydrogens is 278 g/mol. The Balaban J connectivity index is 1.96. The van der Waals surface area contributed by atoms with E-state index in [1.165, 1.54) is 21.8 Å². The Morgan fingerprint density at radius 1 is 1.42 bits per heavy atom. The third-order valence-electron chi connectivity index (χ3n) is 2.50. The molecule has 2 rings (SSSR count). The number of carbonyl (C=O) groups excluding carboxylic acids is 1. The minimum atomic E-state index is -0.170. The van der Waals surface area contributed by atoms with Crippen LogP contribution in [0.4, 0.5) is 0 Å². The van der Waals surface area contributed by atoms with Crippen molar-refractivity contribution >= 4 is 28.6 Å². The van der Waals surface area contributed by atoms with Gasteiger partial charge in [-0.05, 0) is 36.1 Å². The summed E-state index contributed by atoms with van der Waals surface area (Å²) in [6.45, 7) is 2.42. The lowest BCUT2D eigenvalue weighted by Crippen LogP contribution is -2.21. The summed E-state index contributed by atoms with van der Waals surface area (Å²) in [5, 5.41) is 13.5. The second-order valence-electron chi connectivity index (χ2n) is 3.83. The average molecular weight is 291 g/mol. The van der Waals surface area contributed by atoms with Crippen molar-refractivity contribution in [3.05, 3.63) is 43.8 Å². The van der Waals surface area contributed by atoms with Crippen LogP contribution in [0.1, 0.15) is 25.0 Å². The van der Waals surface area contributed by atoms with Gasteiger partial charge in [-0.15, -0.1) is 22.7 Å². The second kappa shape index (κ2) is 6.53. The number of carbonyl (C=O) groups is 1. The molecule has 98 valence electrons. The third kappa shape index (κ3) is 3.67. The molecule has 0 aliphatic carbocycles. The summed E-state index contributed by atoms with van der Waals surface area (Å²) >= 11 is 2.97. The summed E-state index contributed by atoms with van der Waals surface area (Å²) < 4.78 is 0. The molecule has 0 aliphatic heterocycles. The van der Waals surface area contributed by atoms with E-state index < -0.39 is 0 Å². The lowest BCUT2D eigenvalue weighted by atomic mass is 10.3. The SMILES string of the molecule is Cc1ccsc1CNC(=O)c1ccc(C#CCO)s1. The number of aliphatic hydroxyl groups excluding tert-OH is 1. The van der Waals surface area contributed by atoms with E-state index in [0.717, 1.165) is 4.88 Å². The van der Waals surface area contributed by atoms with Crippen LogP contribution in [0.5, 0.6) is 0 Å². The van der Waals surface area contributed by atoms with Gasteiger partial charge in [-0.2, -0.15) is 0 Å². The number of hydrogen-bond donors (Lipinski definition) is 2. The predicted molar refractivity (Wildman–Crippen MR) is 78.5 cm³/mol. The summed E-state index contributed by atoms with van der Waals surface area (Å²) in [5.41, 5.74) is 1.20. The highest BCUT2D eigenvalue weighted by Crippen LogP contribution is 2.17. The highest BCUT2D eigenvalue weighted by molar-refractivity contribution is 7.14. The fourth-order valence-corrected chi connectivity index (χ4v) is 3.13. The minimum absolute atomic E-state index is 0.0881. The van der Waals surface area contributed by atoms with E-state index in [9.17, 15) is 4.79 Å². The zero-order valence-corrected chi connectivity index (χ0v) is 12.0. The quantitative estimate of drug-likeness (QED) is 0.853. The molecule has 3 nitrogen and oxygen atoms in total. The number of aryl methyl sites for hydroxylation is 1. The Morgan fingerprint density at radius 2 is 2.26 bits per heavy atom. The largest absolute Gasteiger partial charge is 0.384 e. The smallest absolute Gasteiger partial charge is 0.261 e. The maximum absolute atomic E-state index is 11.9. The zero-order chi connectivity index (χ0) is 13.7. The molecule has 0 fully saturated rings. The Labute approximate surface area is 119 Å². The topological polar surface area (TPSA) is 49.3 Å². The highest BCUT2D eigenvalue weighted by atomic mass is 32.1. The molecule has 0 unspecified atom stereocenters. The number of amides is 1. The summed E-state index contributed by atoms with van der Waals surface area (Å²) in [6.07, 6.45) is 0. The molecule has 1 amide bonds. The van der Waals surface area contributed by atoms with Crippen LogP contribution < -0.4 is 5.32 Å². The van der Waals surface area contributed by atoms with Crippen molar-refractivity contribution in [2.75, 3.05) is 6.61 Å². The van der Waals surface area contributed by atoms with E-state index in [0.29, 0.717) is 11.4 Å². The van der Waals surface area contributed by atoms with E-state index in [1.807, 2.05) is 18.4 Å². The van der Waals surface area contributed by atoms with Gasteiger partial charge >= 0.3 is 0 Å². The van der Waals surface area contributed by atoms with Gasteiger partial charge in [0.15, 0.2) is 0 Å². The summed E-state index contributed by atoms with van der Waals surface area (Å²) in [4.78, 5) is 14.5. The van der Waals surface area contributed by atoms with Crippen molar-refractivity contribution < 1.29 is 9.90 Å². The molecule has 5 heteroatoms. The standard InChI is InChI=1S/C14H13NO2S2/c1-10-6-8-18-13(10)9-15-14(17)12-5-4-11(19-12)3-2-7-16/h4-6,8,16H,7,9H2,1H3,(H,15,17). The molecule has 0 radical (unpaired) electrons. The Hall–Kier alpha value is -1.61. The van der Waals surface area contributed by atoms with Crippen molar-refractivity contribution in [3.63, 3.8) is 0 Å². The minimum Gasteiger partial charge on any atom is -0.384 e. The number of nitrogens with one attached hydrogen (secondary N) is 1. The maximum Gasteiger partial charge on any atom is 0.261 e. The maximum atomic E-state index is 11.9. The molecule has 19 heavy (non-hydrogen) atoms. The lowest BCUT2D eigenvalue weighted by Gasteiger charge is -2.02. The molecule has 0 atom stereocenters. The zero-order valence-electron chi connectivity index (χ0n) is 10.4. The molecule has 2 heterocycles. The van der Waals surface area contributed by atoms with Crippen LogP contribution in [0, 0.1) is 18.8 Å². The molecule has 2 aromatic heterocycles. The van der Waals surface area contributed by atoms with Crippen molar-refractivity contribution in [1.82, 2.24) is 5.32 Å². The number of hydrogen-bond acceptors (Lipinski definition) is 4. The summed E-state index contributed by atoms with van der Waals surface area (Å²) in [5.74, 6) is 5.27. The first-order valence-corrected chi connectivity index (χ1v) is 7.41. The molecule has 0 saturated carbocycles. The number of rotatable bonds is 3. The molecule has 0 saturated heterocycles. The molecule has 0 aromatic carbocycles. The van der Waals surface area contributed by atoms with Crippen molar-refractivity contribution in [2.45, 2.75) is 13.5 Å². The monoisotopic (exact) mass is 291 g/mol. The van der Waals surface area contributed by atoms with Gasteiger partial charge in [-0.25, -0.2) is 0 Å². The highest BCUT2D eigenvalue weighted by Gasteiger charge is 2.09. The van der Waals surface area contributed by atoms with Gasteiger partial charge in [0, 0.05) is 4.88 Å². The predicted octanol–water partition coefficient (Wildman–Crippen LogP) is 2.39. The molecule has 2 aromatic rings. The molecular formula is C14H13NO2S2. The fourth-order valence-electron chi connectivity index (χ4n) is 1.49. The van der Waals surface area contributed by atoms with Gasteiger partial charge in [0.2, 0.25) is 0 Å². The van der Waals surface area contributed by atoms with Crippen LogP contribution in [-0.4, -0.2) is 17.6 Å². The third-order valence-corrected chi connectivity index (χ3v) is 4.52. The van der Waals surface area contributed by atoms with Crippen LogP contribution in [-0.2, 0) is 6.54 Å². The molecule has 2 N–H and O–H groups in total. The van der Waals surface area contributed by atoms with Gasteiger partial charge in [0.05, 0.1) is 16.3 Å². The van der Waals surface area contributed by atoms with Crippen LogP contribution in [0.25, 0.3) is 0 Å². The van der Waals surface area contributed by atoms with Gasteiger partial charge in [0.25, 0.3) is 5.91 Å². The van der Waals surface area contributed by atoms with Gasteiger partial charge in [0.1, 0.15) is 6.61 Å². The van der Waals surface area contributed by atoms with E-state index in [1.54, 1.807) is 23.5 Å². The van der Waals surface area contributed by atoms with Gasteiger partial charge in [-0.3, -0.25) is 4.79 Å². The van der Waals surface area contributed by atoms with E-state index in [2.05, 4.69) is 17.2 Å². The van der Waals surface area contributed by atoms with Crippen LogP contribution >= 0.6 is 22.7 Å². The average Bonchev–Trinajstić information content (AvgIpc) is 3.03. The second-order valence-corrected chi connectivity index (χ2v) is 5.92. The Morgan fingerprint density at radius 3 is 2.95 bits per heavy atom. The van der Waals surface area contributed by atoms with Crippen molar-refractivity contribution in [1.29, 1.82) is 0 Å². The summed E-state index contributed by atoms with van der Waals surface area (Å²) in [7, 11) is 0. The fraction of sp³-hybridized carbons (Fsp3) is 0.214. The van der Waals surface area contributed by atoms with Crippen molar-refractivity contribution in [2.24, 2.45) is 0 Å². The normalized spacial score (nSPS) is 9.79. The van der Waals surface area contributed by atoms with E-state index in [-0.39, 0.29) is 12.5 Å². The Bertz CT molecular complexity index is 631. The first-order valence-electron chi connectivity index (χ1n) is 5.71. The van der Waals surface area contributed by atoms with Crippen molar-refractivity contribution in [3.8, 4) is 11.8 Å². The Kier molecular flexibility index (Phi) is 4.74. The van der Waals surface area contributed by atoms with Crippen LogP contribution in [0.3, 0.4) is 0 Å². The van der Waals surface area contributed by atoms with E-state index >= 15 is 0 Å². The van der Waals surface area contributed by atoms with Crippen LogP contribution in [0.15, 0.2) is 23.6 Å². The molecule has 0 spiro atoms. The molecule has 0 aliphatic rings. The first kappa shape index (κ1) is 13.8. The lowest BCUT2D eigenvalue weighted by molar-refractivity contribution is 0.0955. The van der Waals surface area contributed by atoms with E-state index in [4.69, 9.17) is 5.11 Å². The summed E-state index contributed by atoms with van der Waals surface area (Å²) in [6, 6.07) is 5.58. The number of thiophene rings is 2.